The summed E-state index contributed by atoms with van der Waals surface area (Å²) in [5.74, 6) is 0.567. The zero-order chi connectivity index (χ0) is 21.3. The van der Waals surface area contributed by atoms with Crippen LogP contribution in [0.1, 0.15) is 19.2 Å². The molecule has 1 N–H and O–H groups in total. The molecule has 1 aliphatic rings. The predicted octanol–water partition coefficient (Wildman–Crippen LogP) is 2.09. The second-order valence-electron chi connectivity index (χ2n) is 7.16. The van der Waals surface area contributed by atoms with E-state index in [1.165, 1.54) is 4.90 Å². The Hall–Kier alpha value is -3.52. The molecule has 0 aliphatic carbocycles. The number of carbonyl (C=O) groups excluding carboxylic acids is 2. The first kappa shape index (κ1) is 19.8. The standard InChI is InChI=1S/C22H22N4O4/c1-3-30-15-10-8-14(9-11-15)26-20(27)12-18(22(26)29)25(2)13-19-23-17-7-5-4-6-16(17)21(28)24-19/h4-11,18H,3,12-13H2,1-2H3,(H,23,24,28)/t18-/m1/s1. The number of hydrogen-bond acceptors (Lipinski definition) is 6. The minimum atomic E-state index is -0.624. The van der Waals surface area contributed by atoms with Gasteiger partial charge >= 0.3 is 0 Å². The molecule has 2 amide bonds. The topological polar surface area (TPSA) is 95.6 Å². The van der Waals surface area contributed by atoms with Crippen LogP contribution in [0.4, 0.5) is 5.69 Å². The van der Waals surface area contributed by atoms with Crippen molar-refractivity contribution in [2.24, 2.45) is 0 Å². The molecule has 0 unspecified atom stereocenters. The molecule has 4 rings (SSSR count). The van der Waals surface area contributed by atoms with Crippen molar-refractivity contribution in [2.45, 2.75) is 25.9 Å². The zero-order valence-corrected chi connectivity index (χ0v) is 16.8. The Morgan fingerprint density at radius 1 is 1.13 bits per heavy atom. The minimum absolute atomic E-state index is 0.0698. The van der Waals surface area contributed by atoms with Crippen LogP contribution in [0.25, 0.3) is 10.9 Å². The molecule has 1 saturated heterocycles. The van der Waals surface area contributed by atoms with Gasteiger partial charge in [0.1, 0.15) is 11.6 Å². The predicted molar refractivity (Wildman–Crippen MR) is 112 cm³/mol. The summed E-state index contributed by atoms with van der Waals surface area (Å²) >= 11 is 0. The number of aromatic nitrogens is 2. The lowest BCUT2D eigenvalue weighted by Crippen LogP contribution is -2.40. The number of imide groups is 1. The number of rotatable bonds is 6. The fourth-order valence-electron chi connectivity index (χ4n) is 3.65. The van der Waals surface area contributed by atoms with Crippen molar-refractivity contribution in [1.82, 2.24) is 14.9 Å². The third-order valence-electron chi connectivity index (χ3n) is 5.12. The monoisotopic (exact) mass is 406 g/mol. The van der Waals surface area contributed by atoms with Gasteiger partial charge in [0.2, 0.25) is 5.91 Å². The summed E-state index contributed by atoms with van der Waals surface area (Å²) in [5, 5.41) is 0.512. The fraction of sp³-hybridized carbons (Fsp3) is 0.273. The molecule has 1 aliphatic heterocycles. The molecule has 8 heteroatoms. The number of aromatic amines is 1. The minimum Gasteiger partial charge on any atom is -0.494 e. The number of nitrogens with one attached hydrogen (secondary N) is 1. The van der Waals surface area contributed by atoms with E-state index in [0.29, 0.717) is 34.8 Å². The Labute approximate surface area is 173 Å². The maximum atomic E-state index is 13.0. The Balaban J connectivity index is 1.52. The highest BCUT2D eigenvalue weighted by molar-refractivity contribution is 6.22. The van der Waals surface area contributed by atoms with Gasteiger partial charge in [0.25, 0.3) is 11.5 Å². The highest BCUT2D eigenvalue weighted by Crippen LogP contribution is 2.27. The van der Waals surface area contributed by atoms with E-state index in [4.69, 9.17) is 4.74 Å². The normalized spacial score (nSPS) is 16.6. The molecule has 8 nitrogen and oxygen atoms in total. The number of likely N-dealkylation sites (N-methyl/N-ethyl adjacent to an activating group) is 1. The van der Waals surface area contributed by atoms with E-state index in [-0.39, 0.29) is 30.3 Å². The van der Waals surface area contributed by atoms with E-state index in [0.717, 1.165) is 0 Å². The molecule has 0 bridgehead atoms. The van der Waals surface area contributed by atoms with E-state index >= 15 is 0 Å². The smallest absolute Gasteiger partial charge is 0.258 e. The van der Waals surface area contributed by atoms with Crippen LogP contribution < -0.4 is 15.2 Å². The van der Waals surface area contributed by atoms with Crippen molar-refractivity contribution in [3.8, 4) is 5.75 Å². The highest BCUT2D eigenvalue weighted by Gasteiger charge is 2.41. The Kier molecular flexibility index (Phi) is 5.33. The van der Waals surface area contributed by atoms with E-state index < -0.39 is 6.04 Å². The lowest BCUT2D eigenvalue weighted by atomic mass is 10.2. The van der Waals surface area contributed by atoms with E-state index in [1.54, 1.807) is 54.4 Å². The number of carbonyl (C=O) groups is 2. The molecule has 0 radical (unpaired) electrons. The second-order valence-corrected chi connectivity index (χ2v) is 7.16. The quantitative estimate of drug-likeness (QED) is 0.630. The summed E-state index contributed by atoms with van der Waals surface area (Å²) in [7, 11) is 1.74. The Morgan fingerprint density at radius 3 is 2.60 bits per heavy atom. The van der Waals surface area contributed by atoms with E-state index in [1.807, 2.05) is 13.0 Å². The maximum absolute atomic E-state index is 13.0. The number of benzene rings is 2. The zero-order valence-electron chi connectivity index (χ0n) is 16.8. The molecule has 154 valence electrons. The Morgan fingerprint density at radius 2 is 1.87 bits per heavy atom. The number of H-pyrrole nitrogens is 1. The van der Waals surface area contributed by atoms with Crippen LogP contribution in [-0.2, 0) is 16.1 Å². The van der Waals surface area contributed by atoms with Crippen molar-refractivity contribution in [3.63, 3.8) is 0 Å². The molecule has 0 saturated carbocycles. The third-order valence-corrected chi connectivity index (χ3v) is 5.12. The number of anilines is 1. The van der Waals surface area contributed by atoms with Crippen LogP contribution in [0.2, 0.25) is 0 Å². The first-order valence-corrected chi connectivity index (χ1v) is 9.75. The van der Waals surface area contributed by atoms with Gasteiger partial charge in [-0.1, -0.05) is 12.1 Å². The summed E-state index contributed by atoms with van der Waals surface area (Å²) < 4.78 is 5.41. The van der Waals surface area contributed by atoms with Gasteiger partial charge in [-0.15, -0.1) is 0 Å². The summed E-state index contributed by atoms with van der Waals surface area (Å²) in [4.78, 5) is 48.0. The maximum Gasteiger partial charge on any atom is 0.258 e. The number of fused-ring (bicyclic) bond motifs is 1. The summed E-state index contributed by atoms with van der Waals surface area (Å²) in [6, 6.07) is 13.3. The highest BCUT2D eigenvalue weighted by atomic mass is 16.5. The number of nitrogens with zero attached hydrogens (tertiary/aromatic N) is 3. The van der Waals surface area contributed by atoms with Crippen LogP contribution in [0.5, 0.6) is 5.75 Å². The lowest BCUT2D eigenvalue weighted by Gasteiger charge is -2.22. The van der Waals surface area contributed by atoms with Gasteiger partial charge in [-0.2, -0.15) is 0 Å². The molecular weight excluding hydrogens is 384 g/mol. The Bertz CT molecular complexity index is 1160. The van der Waals surface area contributed by atoms with Gasteiger partial charge in [0.05, 0.1) is 42.2 Å². The van der Waals surface area contributed by atoms with Crippen LogP contribution in [-0.4, -0.2) is 46.4 Å². The van der Waals surface area contributed by atoms with Gasteiger partial charge in [0.15, 0.2) is 0 Å². The molecule has 3 aromatic rings. The number of amides is 2. The molecule has 1 atom stereocenters. The molecule has 2 aromatic carbocycles. The summed E-state index contributed by atoms with van der Waals surface area (Å²) in [6.07, 6.45) is 0.0698. The average Bonchev–Trinajstić information content (AvgIpc) is 3.03. The van der Waals surface area contributed by atoms with Crippen LogP contribution >= 0.6 is 0 Å². The van der Waals surface area contributed by atoms with Gasteiger partial charge in [0, 0.05) is 0 Å². The van der Waals surface area contributed by atoms with Gasteiger partial charge in [-0.3, -0.25) is 19.3 Å². The SMILES string of the molecule is CCOc1ccc(N2C(=O)C[C@@H](N(C)Cc3nc4ccccc4c(=O)[nH]3)C2=O)cc1. The molecule has 2 heterocycles. The first-order chi connectivity index (χ1) is 14.5. The molecular formula is C22H22N4O4. The lowest BCUT2D eigenvalue weighted by molar-refractivity contribution is -0.122. The van der Waals surface area contributed by atoms with Crippen molar-refractivity contribution in [3.05, 3.63) is 64.7 Å². The molecule has 0 spiro atoms. The first-order valence-electron chi connectivity index (χ1n) is 9.75. The van der Waals surface area contributed by atoms with Crippen molar-refractivity contribution >= 4 is 28.4 Å². The van der Waals surface area contributed by atoms with Crippen molar-refractivity contribution in [2.75, 3.05) is 18.6 Å². The molecule has 30 heavy (non-hydrogen) atoms. The largest absolute Gasteiger partial charge is 0.494 e. The third kappa shape index (κ3) is 3.69. The second kappa shape index (κ2) is 8.08. The average molecular weight is 406 g/mol. The van der Waals surface area contributed by atoms with Crippen LogP contribution in [0, 0.1) is 0 Å². The molecule has 1 aromatic heterocycles. The summed E-state index contributed by atoms with van der Waals surface area (Å²) in [6.45, 7) is 2.67. The van der Waals surface area contributed by atoms with Crippen molar-refractivity contribution < 1.29 is 14.3 Å². The van der Waals surface area contributed by atoms with Gasteiger partial charge in [-0.25, -0.2) is 9.88 Å². The van der Waals surface area contributed by atoms with E-state index in [2.05, 4.69) is 9.97 Å². The van der Waals surface area contributed by atoms with Crippen molar-refractivity contribution in [1.29, 1.82) is 0 Å². The van der Waals surface area contributed by atoms with Gasteiger partial charge < -0.3 is 9.72 Å². The van der Waals surface area contributed by atoms with Crippen LogP contribution in [0.15, 0.2) is 53.3 Å². The van der Waals surface area contributed by atoms with Gasteiger partial charge in [-0.05, 0) is 50.4 Å². The fourth-order valence-corrected chi connectivity index (χ4v) is 3.65. The number of para-hydroxylation sites is 1. The number of hydrogen-bond donors (Lipinski definition) is 1. The molecule has 1 fully saturated rings. The summed E-state index contributed by atoms with van der Waals surface area (Å²) in [5.41, 5.74) is 0.880. The van der Waals surface area contributed by atoms with Crippen LogP contribution in [0.3, 0.4) is 0 Å². The number of ether oxygens (including phenoxy) is 1. The van der Waals surface area contributed by atoms with E-state index in [9.17, 15) is 14.4 Å².